The second kappa shape index (κ2) is 8.47. The van der Waals surface area contributed by atoms with Crippen molar-refractivity contribution in [1.29, 1.82) is 0 Å². The van der Waals surface area contributed by atoms with Gasteiger partial charge in [-0.1, -0.05) is 18.2 Å². The van der Waals surface area contributed by atoms with Gasteiger partial charge in [0.05, 0.1) is 13.1 Å². The van der Waals surface area contributed by atoms with E-state index in [1.54, 1.807) is 15.9 Å². The van der Waals surface area contributed by atoms with E-state index in [1.807, 2.05) is 13.8 Å². The van der Waals surface area contributed by atoms with Gasteiger partial charge >= 0.3 is 5.97 Å². The van der Waals surface area contributed by atoms with Gasteiger partial charge in [-0.2, -0.15) is 0 Å². The molecule has 0 heterocycles. The van der Waals surface area contributed by atoms with Crippen LogP contribution in [0.15, 0.2) is 24.8 Å². The minimum atomic E-state index is -0.951. The molecule has 0 aromatic heterocycles. The molecule has 18 heavy (non-hydrogen) atoms. The molecule has 0 aliphatic carbocycles. The standard InChI is InChI=1S/C13H22N2O3/c1-5-7-14(10-13(17)18)9-12(16)15(6-2)8-11(3)4/h5H,1,3,6-10H2,2,4H3,(H,17,18). The van der Waals surface area contributed by atoms with Gasteiger partial charge in [0.2, 0.25) is 5.91 Å². The Balaban J connectivity index is 4.49. The Morgan fingerprint density at radius 1 is 1.28 bits per heavy atom. The molecule has 0 spiro atoms. The lowest BCUT2D eigenvalue weighted by Gasteiger charge is -2.25. The van der Waals surface area contributed by atoms with Crippen LogP contribution in [-0.2, 0) is 9.59 Å². The number of nitrogens with zero attached hydrogens (tertiary/aromatic N) is 2. The van der Waals surface area contributed by atoms with E-state index in [-0.39, 0.29) is 19.0 Å². The summed E-state index contributed by atoms with van der Waals surface area (Å²) in [5.41, 5.74) is 0.902. The first-order valence-corrected chi connectivity index (χ1v) is 5.87. The molecular formula is C13H22N2O3. The van der Waals surface area contributed by atoms with Gasteiger partial charge in [-0.05, 0) is 13.8 Å². The predicted octanol–water partition coefficient (Wildman–Crippen LogP) is 0.984. The molecular weight excluding hydrogens is 232 g/mol. The first-order chi connectivity index (χ1) is 8.40. The van der Waals surface area contributed by atoms with Gasteiger partial charge in [0.25, 0.3) is 0 Å². The number of carbonyl (C=O) groups excluding carboxylic acids is 1. The summed E-state index contributed by atoms with van der Waals surface area (Å²) in [5.74, 6) is -1.05. The Hall–Kier alpha value is -1.62. The highest BCUT2D eigenvalue weighted by Crippen LogP contribution is 1.99. The lowest BCUT2D eigenvalue weighted by atomic mass is 10.3. The third kappa shape index (κ3) is 6.85. The third-order valence-electron chi connectivity index (χ3n) is 2.30. The molecule has 0 saturated carbocycles. The van der Waals surface area contributed by atoms with E-state index >= 15 is 0 Å². The van der Waals surface area contributed by atoms with Crippen LogP contribution in [0.3, 0.4) is 0 Å². The van der Waals surface area contributed by atoms with E-state index in [9.17, 15) is 9.59 Å². The van der Waals surface area contributed by atoms with Crippen molar-refractivity contribution in [2.75, 3.05) is 32.7 Å². The molecule has 0 saturated heterocycles. The topological polar surface area (TPSA) is 60.9 Å². The molecule has 0 atom stereocenters. The van der Waals surface area contributed by atoms with Crippen LogP contribution < -0.4 is 0 Å². The summed E-state index contributed by atoms with van der Waals surface area (Å²) in [7, 11) is 0. The number of rotatable bonds is 9. The minimum Gasteiger partial charge on any atom is -0.480 e. The van der Waals surface area contributed by atoms with Crippen LogP contribution >= 0.6 is 0 Å². The predicted molar refractivity (Wildman–Crippen MR) is 71.3 cm³/mol. The maximum atomic E-state index is 12.0. The third-order valence-corrected chi connectivity index (χ3v) is 2.30. The lowest BCUT2D eigenvalue weighted by Crippen LogP contribution is -2.42. The van der Waals surface area contributed by atoms with Crippen molar-refractivity contribution in [3.63, 3.8) is 0 Å². The van der Waals surface area contributed by atoms with Gasteiger partial charge in [0.1, 0.15) is 0 Å². The SMILES string of the molecule is C=CCN(CC(=O)O)CC(=O)N(CC)CC(=C)C. The Morgan fingerprint density at radius 2 is 1.89 bits per heavy atom. The Kier molecular flexibility index (Phi) is 7.71. The Labute approximate surface area is 108 Å². The zero-order valence-electron chi connectivity index (χ0n) is 11.2. The van der Waals surface area contributed by atoms with Crippen LogP contribution in [0, 0.1) is 0 Å². The van der Waals surface area contributed by atoms with Gasteiger partial charge in [0, 0.05) is 19.6 Å². The molecule has 1 amide bonds. The van der Waals surface area contributed by atoms with Crippen molar-refractivity contribution in [2.45, 2.75) is 13.8 Å². The quantitative estimate of drug-likeness (QED) is 0.623. The number of carboxylic acids is 1. The van der Waals surface area contributed by atoms with E-state index in [0.717, 1.165) is 5.57 Å². The molecule has 1 N–H and O–H groups in total. The van der Waals surface area contributed by atoms with Crippen molar-refractivity contribution < 1.29 is 14.7 Å². The average molecular weight is 254 g/mol. The molecule has 5 nitrogen and oxygen atoms in total. The number of carbonyl (C=O) groups is 2. The zero-order valence-corrected chi connectivity index (χ0v) is 11.2. The van der Waals surface area contributed by atoms with E-state index < -0.39 is 5.97 Å². The normalized spacial score (nSPS) is 10.2. The summed E-state index contributed by atoms with van der Waals surface area (Å²) in [5, 5.41) is 8.75. The smallest absolute Gasteiger partial charge is 0.317 e. The molecule has 0 rings (SSSR count). The minimum absolute atomic E-state index is 0.0828. The van der Waals surface area contributed by atoms with Crippen LogP contribution in [0.25, 0.3) is 0 Å². The summed E-state index contributed by atoms with van der Waals surface area (Å²) < 4.78 is 0. The second-order valence-electron chi connectivity index (χ2n) is 4.22. The van der Waals surface area contributed by atoms with Gasteiger partial charge in [-0.25, -0.2) is 0 Å². The summed E-state index contributed by atoms with van der Waals surface area (Å²) in [6.45, 7) is 12.5. The molecule has 0 radical (unpaired) electrons. The largest absolute Gasteiger partial charge is 0.480 e. The first-order valence-electron chi connectivity index (χ1n) is 5.87. The number of carboxylic acid groups (broad SMARTS) is 1. The van der Waals surface area contributed by atoms with Crippen molar-refractivity contribution in [1.82, 2.24) is 9.80 Å². The molecule has 0 aliphatic rings. The fourth-order valence-corrected chi connectivity index (χ4v) is 1.55. The molecule has 0 aliphatic heterocycles. The lowest BCUT2D eigenvalue weighted by molar-refractivity contribution is -0.139. The summed E-state index contributed by atoms with van der Waals surface area (Å²) >= 11 is 0. The van der Waals surface area contributed by atoms with Crippen LogP contribution in [0.4, 0.5) is 0 Å². The number of hydrogen-bond donors (Lipinski definition) is 1. The van der Waals surface area contributed by atoms with Crippen LogP contribution in [0.2, 0.25) is 0 Å². The molecule has 0 bridgehead atoms. The van der Waals surface area contributed by atoms with E-state index in [4.69, 9.17) is 5.11 Å². The van der Waals surface area contributed by atoms with Crippen molar-refractivity contribution in [3.8, 4) is 0 Å². The summed E-state index contributed by atoms with van der Waals surface area (Å²) in [6, 6.07) is 0. The average Bonchev–Trinajstić information content (AvgIpc) is 2.24. The van der Waals surface area contributed by atoms with Gasteiger partial charge < -0.3 is 10.0 Å². The summed E-state index contributed by atoms with van der Waals surface area (Å²) in [4.78, 5) is 25.9. The number of amides is 1. The van der Waals surface area contributed by atoms with Gasteiger partial charge in [-0.15, -0.1) is 6.58 Å². The summed E-state index contributed by atoms with van der Waals surface area (Å²) in [6.07, 6.45) is 1.59. The Morgan fingerprint density at radius 3 is 2.28 bits per heavy atom. The maximum absolute atomic E-state index is 12.0. The van der Waals surface area contributed by atoms with Gasteiger partial charge in [0.15, 0.2) is 0 Å². The first kappa shape index (κ1) is 16.4. The van der Waals surface area contributed by atoms with Crippen LogP contribution in [-0.4, -0.2) is 59.5 Å². The zero-order chi connectivity index (χ0) is 14.1. The molecule has 102 valence electrons. The molecule has 0 aromatic rings. The number of aliphatic carboxylic acids is 1. The molecule has 5 heteroatoms. The highest BCUT2D eigenvalue weighted by molar-refractivity contribution is 5.79. The molecule has 0 fully saturated rings. The monoisotopic (exact) mass is 254 g/mol. The van der Waals surface area contributed by atoms with E-state index in [2.05, 4.69) is 13.2 Å². The fourth-order valence-electron chi connectivity index (χ4n) is 1.55. The Bertz CT molecular complexity index is 326. The molecule has 0 aromatic carbocycles. The number of likely N-dealkylation sites (N-methyl/N-ethyl adjacent to an activating group) is 1. The van der Waals surface area contributed by atoms with Crippen molar-refractivity contribution in [2.24, 2.45) is 0 Å². The maximum Gasteiger partial charge on any atom is 0.317 e. The van der Waals surface area contributed by atoms with E-state index in [1.165, 1.54) is 0 Å². The van der Waals surface area contributed by atoms with Gasteiger partial charge in [-0.3, -0.25) is 14.5 Å². The second-order valence-corrected chi connectivity index (χ2v) is 4.22. The van der Waals surface area contributed by atoms with Crippen LogP contribution in [0.1, 0.15) is 13.8 Å². The van der Waals surface area contributed by atoms with Crippen molar-refractivity contribution >= 4 is 11.9 Å². The fraction of sp³-hybridized carbons (Fsp3) is 0.538. The van der Waals surface area contributed by atoms with Crippen LogP contribution in [0.5, 0.6) is 0 Å². The number of hydrogen-bond acceptors (Lipinski definition) is 3. The highest BCUT2D eigenvalue weighted by atomic mass is 16.4. The highest BCUT2D eigenvalue weighted by Gasteiger charge is 2.17. The molecule has 0 unspecified atom stereocenters. The van der Waals surface area contributed by atoms with Crippen molar-refractivity contribution in [3.05, 3.63) is 24.8 Å². The van der Waals surface area contributed by atoms with E-state index in [0.29, 0.717) is 19.6 Å².